The van der Waals surface area contributed by atoms with Gasteiger partial charge in [0.15, 0.2) is 15.8 Å². The molecule has 1 saturated heterocycles. The zero-order valence-electron chi connectivity index (χ0n) is 12.4. The zero-order chi connectivity index (χ0) is 15.7. The zero-order valence-corrected chi connectivity index (χ0v) is 14.8. The van der Waals surface area contributed by atoms with Crippen LogP contribution in [0.2, 0.25) is 0 Å². The molecule has 1 aromatic rings. The van der Waals surface area contributed by atoms with Gasteiger partial charge in [0.2, 0.25) is 0 Å². The number of halogens is 1. The van der Waals surface area contributed by atoms with Crippen molar-refractivity contribution in [3.63, 3.8) is 0 Å². The van der Waals surface area contributed by atoms with Crippen molar-refractivity contribution in [2.24, 2.45) is 4.99 Å². The summed E-state index contributed by atoms with van der Waals surface area (Å²) in [6, 6.07) is 8.72. The summed E-state index contributed by atoms with van der Waals surface area (Å²) in [6.07, 6.45) is 1.73. The lowest BCUT2D eigenvalue weighted by Gasteiger charge is -2.16. The van der Waals surface area contributed by atoms with Gasteiger partial charge in [-0.1, -0.05) is 28.1 Å². The number of nitrogens with zero attached hydrogens (tertiary/aromatic N) is 1. The van der Waals surface area contributed by atoms with Gasteiger partial charge in [-0.2, -0.15) is 0 Å². The van der Waals surface area contributed by atoms with E-state index in [0.29, 0.717) is 24.3 Å². The number of nitrogens with one attached hydrogen (secondary N) is 2. The highest BCUT2D eigenvalue weighted by atomic mass is 79.9. The van der Waals surface area contributed by atoms with Crippen molar-refractivity contribution in [2.75, 3.05) is 18.6 Å². The summed E-state index contributed by atoms with van der Waals surface area (Å²) in [5.74, 6) is 1.67. The van der Waals surface area contributed by atoms with Crippen LogP contribution in [0, 0.1) is 0 Å². The Morgan fingerprint density at radius 2 is 2.00 bits per heavy atom. The molecule has 1 saturated carbocycles. The number of hydrogen-bond acceptors (Lipinski definition) is 3. The molecule has 1 aliphatic heterocycles. The Bertz CT molecular complexity index is 673. The van der Waals surface area contributed by atoms with Gasteiger partial charge in [-0.05, 0) is 30.5 Å². The van der Waals surface area contributed by atoms with E-state index < -0.39 is 9.84 Å². The van der Waals surface area contributed by atoms with Crippen LogP contribution in [0.1, 0.15) is 24.3 Å². The van der Waals surface area contributed by atoms with Gasteiger partial charge in [-0.15, -0.1) is 0 Å². The number of benzene rings is 1. The van der Waals surface area contributed by atoms with Crippen LogP contribution in [0.15, 0.2) is 33.7 Å². The van der Waals surface area contributed by atoms with Crippen LogP contribution in [0.25, 0.3) is 0 Å². The minimum Gasteiger partial charge on any atom is -0.353 e. The van der Waals surface area contributed by atoms with Crippen molar-refractivity contribution in [3.05, 3.63) is 34.3 Å². The normalized spacial score (nSPS) is 30.1. The lowest BCUT2D eigenvalue weighted by Crippen LogP contribution is -2.45. The average molecular weight is 386 g/mol. The minimum absolute atomic E-state index is 0.0268. The fraction of sp³-hybridized carbons (Fsp3) is 0.533. The van der Waals surface area contributed by atoms with Gasteiger partial charge in [0.25, 0.3) is 0 Å². The molecule has 1 aliphatic carbocycles. The third-order valence-electron chi connectivity index (χ3n) is 4.21. The lowest BCUT2D eigenvalue weighted by atomic mass is 10.1. The van der Waals surface area contributed by atoms with Gasteiger partial charge in [0.1, 0.15) is 0 Å². The van der Waals surface area contributed by atoms with Crippen molar-refractivity contribution >= 4 is 31.7 Å². The Kier molecular flexibility index (Phi) is 4.45. The number of guanidine groups is 1. The fourth-order valence-electron chi connectivity index (χ4n) is 2.88. The van der Waals surface area contributed by atoms with Crippen LogP contribution >= 0.6 is 15.9 Å². The predicted molar refractivity (Wildman–Crippen MR) is 92.0 cm³/mol. The second kappa shape index (κ2) is 6.20. The van der Waals surface area contributed by atoms with E-state index in [-0.39, 0.29) is 17.5 Å². The van der Waals surface area contributed by atoms with Gasteiger partial charge in [-0.3, -0.25) is 4.99 Å². The quantitative estimate of drug-likeness (QED) is 0.612. The van der Waals surface area contributed by atoms with E-state index in [9.17, 15) is 8.42 Å². The van der Waals surface area contributed by atoms with Gasteiger partial charge < -0.3 is 10.6 Å². The van der Waals surface area contributed by atoms with E-state index in [1.54, 1.807) is 7.05 Å². The summed E-state index contributed by atoms with van der Waals surface area (Å²) in [7, 11) is -1.15. The second-order valence-electron chi connectivity index (χ2n) is 5.96. The second-order valence-corrected chi connectivity index (χ2v) is 9.11. The first-order valence-electron chi connectivity index (χ1n) is 7.42. The number of sulfone groups is 1. The monoisotopic (exact) mass is 385 g/mol. The molecule has 3 unspecified atom stereocenters. The first-order valence-corrected chi connectivity index (χ1v) is 10.0. The van der Waals surface area contributed by atoms with E-state index in [1.165, 1.54) is 5.56 Å². The maximum Gasteiger partial charge on any atom is 0.191 e. The van der Waals surface area contributed by atoms with E-state index in [1.807, 2.05) is 0 Å². The topological polar surface area (TPSA) is 70.6 Å². The highest BCUT2D eigenvalue weighted by molar-refractivity contribution is 9.10. The average Bonchev–Trinajstić information content (AvgIpc) is 3.15. The van der Waals surface area contributed by atoms with E-state index in [2.05, 4.69) is 55.8 Å². The molecule has 7 heteroatoms. The third-order valence-corrected chi connectivity index (χ3v) is 6.50. The summed E-state index contributed by atoms with van der Waals surface area (Å²) in [4.78, 5) is 4.21. The summed E-state index contributed by atoms with van der Waals surface area (Å²) in [6.45, 7) is 0. The van der Waals surface area contributed by atoms with Gasteiger partial charge >= 0.3 is 0 Å². The SMILES string of the molecule is CN=C(NC1CCS(=O)(=O)C1)NC1CC1c1ccc(Br)cc1. The summed E-state index contributed by atoms with van der Waals surface area (Å²) in [5, 5.41) is 6.62. The van der Waals surface area contributed by atoms with E-state index in [0.717, 1.165) is 10.9 Å². The van der Waals surface area contributed by atoms with Gasteiger partial charge in [0, 0.05) is 29.5 Å². The summed E-state index contributed by atoms with van der Waals surface area (Å²) in [5.41, 5.74) is 1.32. The van der Waals surface area contributed by atoms with Crippen LogP contribution in [-0.4, -0.2) is 45.0 Å². The molecule has 2 fully saturated rings. The number of aliphatic imine (C=N–C) groups is 1. The molecule has 1 heterocycles. The molecule has 5 nitrogen and oxygen atoms in total. The largest absolute Gasteiger partial charge is 0.353 e. The van der Waals surface area contributed by atoms with Crippen molar-refractivity contribution in [1.29, 1.82) is 0 Å². The van der Waals surface area contributed by atoms with Crippen LogP contribution in [-0.2, 0) is 9.84 Å². The number of hydrogen-bond donors (Lipinski definition) is 2. The maximum absolute atomic E-state index is 11.5. The standard InChI is InChI=1S/C15H20BrN3O2S/c1-17-15(18-12-6-7-22(20,21)9-12)19-14-8-13(14)10-2-4-11(16)5-3-10/h2-5,12-14H,6-9H2,1H3,(H2,17,18,19). The molecule has 22 heavy (non-hydrogen) atoms. The molecule has 2 N–H and O–H groups in total. The lowest BCUT2D eigenvalue weighted by molar-refractivity contribution is 0.599. The first kappa shape index (κ1) is 15.8. The summed E-state index contributed by atoms with van der Waals surface area (Å²) >= 11 is 3.45. The Hall–Kier alpha value is -1.08. The van der Waals surface area contributed by atoms with Crippen LogP contribution < -0.4 is 10.6 Å². The molecular weight excluding hydrogens is 366 g/mol. The summed E-state index contributed by atoms with van der Waals surface area (Å²) < 4.78 is 24.1. The van der Waals surface area contributed by atoms with Crippen LogP contribution in [0.5, 0.6) is 0 Å². The van der Waals surface area contributed by atoms with Crippen molar-refractivity contribution in [2.45, 2.75) is 30.8 Å². The molecule has 0 amide bonds. The van der Waals surface area contributed by atoms with Crippen molar-refractivity contribution < 1.29 is 8.42 Å². The Morgan fingerprint density at radius 3 is 2.59 bits per heavy atom. The molecule has 2 aliphatic rings. The van der Waals surface area contributed by atoms with E-state index in [4.69, 9.17) is 0 Å². The van der Waals surface area contributed by atoms with E-state index >= 15 is 0 Å². The Morgan fingerprint density at radius 1 is 1.27 bits per heavy atom. The highest BCUT2D eigenvalue weighted by Gasteiger charge is 2.39. The van der Waals surface area contributed by atoms with Crippen molar-refractivity contribution in [3.8, 4) is 0 Å². The first-order chi connectivity index (χ1) is 10.5. The molecule has 0 radical (unpaired) electrons. The Labute approximate surface area is 139 Å². The molecule has 0 bridgehead atoms. The molecule has 1 aromatic carbocycles. The fourth-order valence-corrected chi connectivity index (χ4v) is 4.82. The Balaban J connectivity index is 1.53. The van der Waals surface area contributed by atoms with Crippen LogP contribution in [0.4, 0.5) is 0 Å². The molecular formula is C15H20BrN3O2S. The predicted octanol–water partition coefficient (Wildman–Crippen LogP) is 1.66. The van der Waals surface area contributed by atoms with Crippen LogP contribution in [0.3, 0.4) is 0 Å². The minimum atomic E-state index is -2.87. The number of rotatable bonds is 3. The highest BCUT2D eigenvalue weighted by Crippen LogP contribution is 2.41. The molecule has 3 rings (SSSR count). The molecule has 0 spiro atoms. The third kappa shape index (κ3) is 3.81. The van der Waals surface area contributed by atoms with Gasteiger partial charge in [-0.25, -0.2) is 8.42 Å². The van der Waals surface area contributed by atoms with Gasteiger partial charge in [0.05, 0.1) is 11.5 Å². The van der Waals surface area contributed by atoms with Crippen molar-refractivity contribution in [1.82, 2.24) is 10.6 Å². The molecule has 3 atom stereocenters. The molecule has 0 aromatic heterocycles. The maximum atomic E-state index is 11.5. The smallest absolute Gasteiger partial charge is 0.191 e. The molecule has 120 valence electrons.